The van der Waals surface area contributed by atoms with Crippen LogP contribution in [0, 0.1) is 6.92 Å². The Bertz CT molecular complexity index is 893. The second kappa shape index (κ2) is 7.93. The van der Waals surface area contributed by atoms with Gasteiger partial charge in [-0.3, -0.25) is 4.99 Å². The number of rotatable bonds is 5. The van der Waals surface area contributed by atoms with E-state index in [1.807, 2.05) is 12.3 Å². The first kappa shape index (κ1) is 19.8. The number of hydrogen-bond acceptors (Lipinski definition) is 3. The lowest BCUT2D eigenvalue weighted by Crippen LogP contribution is -2.45. The first-order valence-corrected chi connectivity index (χ1v) is 10.9. The van der Waals surface area contributed by atoms with E-state index in [2.05, 4.69) is 82.2 Å². The van der Waals surface area contributed by atoms with Gasteiger partial charge in [0.2, 0.25) is 0 Å². The van der Waals surface area contributed by atoms with Crippen LogP contribution in [0.1, 0.15) is 50.8 Å². The Morgan fingerprint density at radius 1 is 1.15 bits per heavy atom. The molecule has 0 bridgehead atoms. The molecule has 27 heavy (non-hydrogen) atoms. The van der Waals surface area contributed by atoms with Crippen molar-refractivity contribution < 1.29 is 0 Å². The number of para-hydroxylation sites is 1. The first-order chi connectivity index (χ1) is 12.9. The highest BCUT2D eigenvalue weighted by Gasteiger charge is 2.31. The normalized spacial score (nSPS) is 15.8. The summed E-state index contributed by atoms with van der Waals surface area (Å²) in [6.45, 7) is 12.3. The van der Waals surface area contributed by atoms with E-state index in [4.69, 9.17) is 4.99 Å². The summed E-state index contributed by atoms with van der Waals surface area (Å²) in [7, 11) is 0. The minimum Gasteiger partial charge on any atom is -0.362 e. The van der Waals surface area contributed by atoms with Gasteiger partial charge in [-0.1, -0.05) is 25.1 Å². The molecule has 3 rings (SSSR count). The molecule has 142 valence electrons. The molecule has 0 amide bonds. The topological polar surface area (TPSA) is 15.6 Å². The lowest BCUT2D eigenvalue weighted by Gasteiger charge is -2.43. The summed E-state index contributed by atoms with van der Waals surface area (Å²) in [6.07, 6.45) is 7.65. The number of anilines is 1. The molecule has 0 unspecified atom stereocenters. The second-order valence-electron chi connectivity index (χ2n) is 7.79. The summed E-state index contributed by atoms with van der Waals surface area (Å²) in [5.41, 5.74) is 7.56. The van der Waals surface area contributed by atoms with Crippen molar-refractivity contribution in [3.05, 3.63) is 59.2 Å². The molecule has 2 nitrogen and oxygen atoms in total. The van der Waals surface area contributed by atoms with Gasteiger partial charge in [0.05, 0.1) is 11.2 Å². The summed E-state index contributed by atoms with van der Waals surface area (Å²) in [6, 6.07) is 12.9. The summed E-state index contributed by atoms with van der Waals surface area (Å²) in [4.78, 5) is 8.53. The summed E-state index contributed by atoms with van der Waals surface area (Å²) in [5.74, 6) is 0. The van der Waals surface area contributed by atoms with E-state index in [0.717, 1.165) is 18.7 Å². The van der Waals surface area contributed by atoms with Crippen molar-refractivity contribution in [2.24, 2.45) is 4.99 Å². The molecule has 0 aromatic heterocycles. The predicted octanol–water partition coefficient (Wildman–Crippen LogP) is 6.88. The van der Waals surface area contributed by atoms with Gasteiger partial charge in [0.1, 0.15) is 0 Å². The van der Waals surface area contributed by atoms with Gasteiger partial charge in [-0.05, 0) is 81.3 Å². The number of benzene rings is 2. The monoisotopic (exact) mass is 378 g/mol. The molecular weight excluding hydrogens is 348 g/mol. The number of hydrogen-bond donors (Lipinski definition) is 0. The number of thioether (sulfide) groups is 1. The molecule has 0 radical (unpaired) electrons. The fourth-order valence-corrected chi connectivity index (χ4v) is 4.44. The molecule has 0 aliphatic carbocycles. The van der Waals surface area contributed by atoms with Gasteiger partial charge in [0, 0.05) is 28.9 Å². The molecule has 1 aliphatic rings. The van der Waals surface area contributed by atoms with Crippen LogP contribution in [0.15, 0.2) is 52.4 Å². The zero-order valence-electron chi connectivity index (χ0n) is 17.3. The molecule has 1 aliphatic heterocycles. The number of fused-ring (bicyclic) bond motifs is 1. The van der Waals surface area contributed by atoms with Crippen LogP contribution in [-0.2, 0) is 0 Å². The molecule has 3 heteroatoms. The van der Waals surface area contributed by atoms with Crippen LogP contribution >= 0.6 is 11.8 Å². The Kier molecular flexibility index (Phi) is 5.81. The Morgan fingerprint density at radius 2 is 1.89 bits per heavy atom. The molecule has 0 saturated carbocycles. The van der Waals surface area contributed by atoms with Crippen molar-refractivity contribution in [2.45, 2.75) is 51.5 Å². The summed E-state index contributed by atoms with van der Waals surface area (Å²) < 4.78 is 0. The van der Waals surface area contributed by atoms with Gasteiger partial charge in [-0.25, -0.2) is 0 Å². The van der Waals surface area contributed by atoms with Crippen molar-refractivity contribution in [1.82, 2.24) is 0 Å². The third-order valence-corrected chi connectivity index (χ3v) is 6.03. The standard InChI is InChI=1S/C24H30N2S/c1-7-12-26-22-13-17(2)19(14-20(22)18(3)15-24(26,4)5)16-25-21-10-8-9-11-23(21)27-6/h8-11,13-16H,7,12H2,1-6H3. The Hall–Kier alpha value is -2.00. The van der Waals surface area contributed by atoms with Crippen LogP contribution in [0.25, 0.3) is 5.57 Å². The highest BCUT2D eigenvalue weighted by Crippen LogP contribution is 2.40. The van der Waals surface area contributed by atoms with E-state index in [1.165, 1.54) is 32.8 Å². The molecule has 1 heterocycles. The molecule has 0 N–H and O–H groups in total. The first-order valence-electron chi connectivity index (χ1n) is 9.66. The van der Waals surface area contributed by atoms with Crippen molar-refractivity contribution in [2.75, 3.05) is 17.7 Å². The predicted molar refractivity (Wildman–Crippen MR) is 122 cm³/mol. The third-order valence-electron chi connectivity index (χ3n) is 5.24. The minimum absolute atomic E-state index is 0.0480. The van der Waals surface area contributed by atoms with Crippen LogP contribution in [0.2, 0.25) is 0 Å². The van der Waals surface area contributed by atoms with E-state index in [-0.39, 0.29) is 5.54 Å². The van der Waals surface area contributed by atoms with Crippen LogP contribution in [0.5, 0.6) is 0 Å². The van der Waals surface area contributed by atoms with Crippen molar-refractivity contribution in [3.63, 3.8) is 0 Å². The van der Waals surface area contributed by atoms with Crippen LogP contribution in [0.3, 0.4) is 0 Å². The van der Waals surface area contributed by atoms with Gasteiger partial charge in [-0.2, -0.15) is 0 Å². The van der Waals surface area contributed by atoms with Gasteiger partial charge in [0.15, 0.2) is 0 Å². The molecular formula is C24H30N2S. The zero-order valence-corrected chi connectivity index (χ0v) is 18.2. The van der Waals surface area contributed by atoms with Crippen molar-refractivity contribution >= 4 is 34.9 Å². The molecule has 0 atom stereocenters. The smallest absolute Gasteiger partial charge is 0.0765 e. The Morgan fingerprint density at radius 3 is 2.59 bits per heavy atom. The van der Waals surface area contributed by atoms with Crippen LogP contribution in [-0.4, -0.2) is 24.6 Å². The molecule has 2 aromatic rings. The fourth-order valence-electron chi connectivity index (χ4n) is 3.89. The maximum atomic E-state index is 4.79. The minimum atomic E-state index is 0.0480. The van der Waals surface area contributed by atoms with Crippen LogP contribution in [0.4, 0.5) is 11.4 Å². The number of nitrogens with zero attached hydrogens (tertiary/aromatic N) is 2. The Labute approximate surface area is 168 Å². The summed E-state index contributed by atoms with van der Waals surface area (Å²) in [5, 5.41) is 0. The number of aryl methyl sites for hydroxylation is 1. The van der Waals surface area contributed by atoms with Gasteiger partial charge in [0.25, 0.3) is 0 Å². The maximum Gasteiger partial charge on any atom is 0.0765 e. The summed E-state index contributed by atoms with van der Waals surface area (Å²) >= 11 is 1.73. The van der Waals surface area contributed by atoms with E-state index in [1.54, 1.807) is 11.8 Å². The van der Waals surface area contributed by atoms with Gasteiger partial charge < -0.3 is 4.90 Å². The highest BCUT2D eigenvalue weighted by atomic mass is 32.2. The second-order valence-corrected chi connectivity index (χ2v) is 8.64. The van der Waals surface area contributed by atoms with Gasteiger partial charge in [-0.15, -0.1) is 11.8 Å². The van der Waals surface area contributed by atoms with E-state index >= 15 is 0 Å². The molecule has 0 saturated heterocycles. The average Bonchev–Trinajstić information content (AvgIpc) is 2.63. The fraction of sp³-hybridized carbons (Fsp3) is 0.375. The SMILES string of the molecule is CCCN1c2cc(C)c(C=Nc3ccccc3SC)cc2C(C)=CC1(C)C. The number of allylic oxidation sites excluding steroid dienone is 1. The van der Waals surface area contributed by atoms with E-state index in [9.17, 15) is 0 Å². The molecule has 0 spiro atoms. The highest BCUT2D eigenvalue weighted by molar-refractivity contribution is 7.98. The lowest BCUT2D eigenvalue weighted by molar-refractivity contribution is 0.550. The van der Waals surface area contributed by atoms with Crippen molar-refractivity contribution in [1.29, 1.82) is 0 Å². The van der Waals surface area contributed by atoms with E-state index in [0.29, 0.717) is 0 Å². The average molecular weight is 379 g/mol. The molecule has 2 aromatic carbocycles. The molecule has 0 fully saturated rings. The van der Waals surface area contributed by atoms with E-state index < -0.39 is 0 Å². The largest absolute Gasteiger partial charge is 0.362 e. The van der Waals surface area contributed by atoms with Gasteiger partial charge >= 0.3 is 0 Å². The van der Waals surface area contributed by atoms with Crippen molar-refractivity contribution in [3.8, 4) is 0 Å². The quantitative estimate of drug-likeness (QED) is 0.416. The Balaban J connectivity index is 2.04. The number of aliphatic imine (C=N–C) groups is 1. The lowest BCUT2D eigenvalue weighted by atomic mass is 9.87. The van der Waals surface area contributed by atoms with Crippen LogP contribution < -0.4 is 4.90 Å². The third kappa shape index (κ3) is 3.98. The maximum absolute atomic E-state index is 4.79. The zero-order chi connectivity index (χ0) is 19.6.